The molecule has 0 amide bonds. The van der Waals surface area contributed by atoms with E-state index in [2.05, 4.69) is 22.3 Å². The summed E-state index contributed by atoms with van der Waals surface area (Å²) in [5, 5.41) is 15.3. The average Bonchev–Trinajstić information content (AvgIpc) is 3.45. The number of hydrogen-bond donors (Lipinski definition) is 2. The van der Waals surface area contributed by atoms with Crippen molar-refractivity contribution in [1.82, 2.24) is 5.32 Å². The number of aliphatic hydroxyl groups is 1. The molecule has 0 radical (unpaired) electrons. The number of anilines is 1. The number of ether oxygens (including phenoxy) is 4. The molecule has 0 spiro atoms. The van der Waals surface area contributed by atoms with E-state index in [9.17, 15) is 5.11 Å². The van der Waals surface area contributed by atoms with Crippen molar-refractivity contribution in [2.75, 3.05) is 51.4 Å². The van der Waals surface area contributed by atoms with Crippen molar-refractivity contribution in [3.63, 3.8) is 0 Å². The van der Waals surface area contributed by atoms with Crippen molar-refractivity contribution in [3.8, 4) is 17.2 Å². The third-order valence-corrected chi connectivity index (χ3v) is 7.66. The second kappa shape index (κ2) is 12.3. The second-order valence-corrected chi connectivity index (χ2v) is 10.4. The van der Waals surface area contributed by atoms with Gasteiger partial charge in [0, 0.05) is 44.7 Å². The van der Waals surface area contributed by atoms with Crippen LogP contribution in [0.25, 0.3) is 11.0 Å². The Kier molecular flexibility index (Phi) is 8.20. The zero-order valence-corrected chi connectivity index (χ0v) is 22.8. The average molecular weight is 545 g/mol. The molecule has 8 heteroatoms. The first kappa shape index (κ1) is 26.7. The van der Waals surface area contributed by atoms with Crippen molar-refractivity contribution in [1.29, 1.82) is 0 Å². The summed E-state index contributed by atoms with van der Waals surface area (Å²) in [7, 11) is 1.73. The summed E-state index contributed by atoms with van der Waals surface area (Å²) < 4.78 is 29.1. The molecule has 1 saturated heterocycles. The van der Waals surface area contributed by atoms with Crippen molar-refractivity contribution >= 4 is 16.7 Å². The molecule has 210 valence electrons. The summed E-state index contributed by atoms with van der Waals surface area (Å²) in [6, 6.07) is 21.9. The lowest BCUT2D eigenvalue weighted by atomic mass is 9.85. The Morgan fingerprint density at radius 2 is 1.88 bits per heavy atom. The minimum Gasteiger partial charge on any atom is -0.490 e. The van der Waals surface area contributed by atoms with E-state index >= 15 is 0 Å². The molecule has 6 rings (SSSR count). The lowest BCUT2D eigenvalue weighted by molar-refractivity contribution is -0.0328. The zero-order chi connectivity index (χ0) is 27.3. The Morgan fingerprint density at radius 3 is 2.75 bits per heavy atom. The van der Waals surface area contributed by atoms with E-state index in [1.807, 2.05) is 54.6 Å². The van der Waals surface area contributed by atoms with E-state index in [4.69, 9.17) is 23.4 Å². The Bertz CT molecular complexity index is 1400. The first-order valence-corrected chi connectivity index (χ1v) is 13.9. The molecule has 3 atom stereocenters. The Morgan fingerprint density at radius 1 is 1.00 bits per heavy atom. The number of nitrogens with one attached hydrogen (secondary N) is 1. The summed E-state index contributed by atoms with van der Waals surface area (Å²) in [5.74, 6) is 2.24. The number of methoxy groups -OCH3 is 1. The van der Waals surface area contributed by atoms with Crippen LogP contribution in [0.3, 0.4) is 0 Å². The normalized spacial score (nSPS) is 20.8. The lowest BCUT2D eigenvalue weighted by Gasteiger charge is -2.36. The van der Waals surface area contributed by atoms with E-state index in [1.54, 1.807) is 13.4 Å². The quantitative estimate of drug-likeness (QED) is 0.267. The highest BCUT2D eigenvalue weighted by molar-refractivity contribution is 5.78. The monoisotopic (exact) mass is 544 g/mol. The number of β-amino-alcohol motifs (C(OH)–C–C–N with tert-alkyl or cyclic N) is 1. The molecule has 0 unspecified atom stereocenters. The van der Waals surface area contributed by atoms with Gasteiger partial charge in [-0.3, -0.25) is 0 Å². The van der Waals surface area contributed by atoms with E-state index in [0.29, 0.717) is 26.3 Å². The van der Waals surface area contributed by atoms with Crippen LogP contribution in [-0.2, 0) is 16.1 Å². The maximum Gasteiger partial charge on any atom is 0.142 e. The number of furan rings is 1. The summed E-state index contributed by atoms with van der Waals surface area (Å²) in [6.07, 6.45) is 1.91. The largest absolute Gasteiger partial charge is 0.490 e. The van der Waals surface area contributed by atoms with Gasteiger partial charge in [-0.2, -0.15) is 0 Å². The molecule has 2 aliphatic heterocycles. The first-order chi connectivity index (χ1) is 19.7. The van der Waals surface area contributed by atoms with Gasteiger partial charge in [0.25, 0.3) is 0 Å². The van der Waals surface area contributed by atoms with E-state index < -0.39 is 6.10 Å². The molecule has 2 aliphatic rings. The molecule has 0 saturated carbocycles. The van der Waals surface area contributed by atoms with Crippen molar-refractivity contribution in [2.45, 2.75) is 31.2 Å². The van der Waals surface area contributed by atoms with Gasteiger partial charge < -0.3 is 38.7 Å². The fourth-order valence-corrected chi connectivity index (χ4v) is 5.62. The van der Waals surface area contributed by atoms with Gasteiger partial charge >= 0.3 is 0 Å². The minimum atomic E-state index is -0.553. The third-order valence-electron chi connectivity index (χ3n) is 7.66. The van der Waals surface area contributed by atoms with Gasteiger partial charge in [-0.25, -0.2) is 0 Å². The van der Waals surface area contributed by atoms with Gasteiger partial charge in [-0.05, 0) is 66.1 Å². The molecule has 0 aliphatic carbocycles. The predicted octanol–water partition coefficient (Wildman–Crippen LogP) is 5.09. The van der Waals surface area contributed by atoms with Crippen LogP contribution in [0, 0.1) is 0 Å². The van der Waals surface area contributed by atoms with Gasteiger partial charge in [0.05, 0.1) is 37.3 Å². The molecule has 3 heterocycles. The number of rotatable bonds is 10. The van der Waals surface area contributed by atoms with E-state index in [1.165, 1.54) is 0 Å². The van der Waals surface area contributed by atoms with Crippen molar-refractivity contribution in [3.05, 3.63) is 84.1 Å². The molecule has 1 aromatic heterocycles. The summed E-state index contributed by atoms with van der Waals surface area (Å²) in [4.78, 5) is 2.35. The smallest absolute Gasteiger partial charge is 0.142 e. The van der Waals surface area contributed by atoms with Gasteiger partial charge in [0.1, 0.15) is 29.4 Å². The number of hydrogen-bond acceptors (Lipinski definition) is 8. The molecule has 40 heavy (non-hydrogen) atoms. The maximum atomic E-state index is 11.0. The van der Waals surface area contributed by atoms with Crippen LogP contribution in [0.15, 0.2) is 77.4 Å². The number of fused-ring (bicyclic) bond motifs is 2. The maximum absolute atomic E-state index is 11.0. The van der Waals surface area contributed by atoms with Crippen LogP contribution in [0.1, 0.15) is 23.5 Å². The van der Waals surface area contributed by atoms with Crippen LogP contribution in [-0.4, -0.2) is 63.8 Å². The second-order valence-electron chi connectivity index (χ2n) is 10.4. The zero-order valence-electron chi connectivity index (χ0n) is 22.8. The van der Waals surface area contributed by atoms with Crippen LogP contribution in [0.2, 0.25) is 0 Å². The number of benzene rings is 3. The Hall–Kier alpha value is -3.56. The summed E-state index contributed by atoms with van der Waals surface area (Å²) in [5.41, 5.74) is 4.04. The van der Waals surface area contributed by atoms with Crippen LogP contribution >= 0.6 is 0 Å². The molecule has 0 bridgehead atoms. The fraction of sp³-hybridized carbons (Fsp3) is 0.375. The highest BCUT2D eigenvalue weighted by Crippen LogP contribution is 2.35. The predicted molar refractivity (Wildman–Crippen MR) is 154 cm³/mol. The summed E-state index contributed by atoms with van der Waals surface area (Å²) in [6.45, 7) is 4.86. The topological polar surface area (TPSA) is 85.6 Å². The van der Waals surface area contributed by atoms with Crippen LogP contribution in [0.5, 0.6) is 17.2 Å². The van der Waals surface area contributed by atoms with Gasteiger partial charge in [-0.1, -0.05) is 18.2 Å². The molecular weight excluding hydrogens is 508 g/mol. The standard InChI is InChI=1S/C32H36N2O6/c1-36-14-2-12-34-13-16-38-30-9-3-22(17-27(30)34)21-39-31-20-33-19-28(35)32(31)23-4-6-25(7-5-23)40-26-8-10-29-24(18-26)11-15-37-29/h3-11,15,17-18,28,31-33,35H,2,12-14,16,19-21H2,1H3/t28-,31+,32+/m1/s1. The first-order valence-electron chi connectivity index (χ1n) is 13.9. The number of piperidine rings is 1. The molecule has 3 aromatic carbocycles. The number of nitrogens with zero attached hydrogens (tertiary/aromatic N) is 1. The third kappa shape index (κ3) is 5.95. The van der Waals surface area contributed by atoms with Gasteiger partial charge in [0.2, 0.25) is 0 Å². The fourth-order valence-electron chi connectivity index (χ4n) is 5.62. The molecule has 4 aromatic rings. The minimum absolute atomic E-state index is 0.149. The highest BCUT2D eigenvalue weighted by atomic mass is 16.5. The van der Waals surface area contributed by atoms with Gasteiger partial charge in [-0.15, -0.1) is 0 Å². The van der Waals surface area contributed by atoms with Crippen LogP contribution < -0.4 is 19.7 Å². The van der Waals surface area contributed by atoms with Crippen molar-refractivity contribution in [2.24, 2.45) is 0 Å². The molecule has 1 fully saturated rings. The van der Waals surface area contributed by atoms with E-state index in [-0.39, 0.29) is 12.0 Å². The molecular formula is C32H36N2O6. The summed E-state index contributed by atoms with van der Waals surface area (Å²) >= 11 is 0. The van der Waals surface area contributed by atoms with Crippen LogP contribution in [0.4, 0.5) is 5.69 Å². The lowest BCUT2D eigenvalue weighted by Crippen LogP contribution is -2.49. The van der Waals surface area contributed by atoms with Gasteiger partial charge in [0.15, 0.2) is 0 Å². The highest BCUT2D eigenvalue weighted by Gasteiger charge is 2.34. The Labute approximate surface area is 234 Å². The molecule has 8 nitrogen and oxygen atoms in total. The SMILES string of the molecule is COCCCN1CCOc2ccc(CO[C@H]3CNC[C@@H](O)[C@@H]3c3ccc(Oc4ccc5occc5c4)cc3)cc21. The number of aliphatic hydroxyl groups excluding tert-OH is 1. The Balaban J connectivity index is 1.12. The van der Waals surface area contributed by atoms with E-state index in [0.717, 1.165) is 71.1 Å². The van der Waals surface area contributed by atoms with Crippen molar-refractivity contribution < 1.29 is 28.5 Å². The molecule has 2 N–H and O–H groups in total.